The Hall–Kier alpha value is -2.28. The third-order valence-electron chi connectivity index (χ3n) is 2.92. The highest BCUT2D eigenvalue weighted by molar-refractivity contribution is 5.54. The van der Waals surface area contributed by atoms with Crippen molar-refractivity contribution >= 4 is 17.5 Å². The molecule has 0 aliphatic rings. The van der Waals surface area contributed by atoms with E-state index in [0.717, 1.165) is 31.6 Å². The van der Waals surface area contributed by atoms with Gasteiger partial charge in [0.1, 0.15) is 5.82 Å². The Kier molecular flexibility index (Phi) is 5.60. The van der Waals surface area contributed by atoms with Gasteiger partial charge in [0.15, 0.2) is 11.6 Å². The molecule has 0 amide bonds. The predicted molar refractivity (Wildman–Crippen MR) is 83.3 cm³/mol. The van der Waals surface area contributed by atoms with Gasteiger partial charge in [-0.1, -0.05) is 0 Å². The van der Waals surface area contributed by atoms with Crippen LogP contribution in [0.1, 0.15) is 6.42 Å². The molecule has 0 aliphatic carbocycles. The molecule has 0 spiro atoms. The fourth-order valence-electron chi connectivity index (χ4n) is 1.83. The summed E-state index contributed by atoms with van der Waals surface area (Å²) in [5, 5.41) is 6.04. The van der Waals surface area contributed by atoms with E-state index >= 15 is 0 Å². The lowest BCUT2D eigenvalue weighted by Gasteiger charge is -2.11. The zero-order valence-corrected chi connectivity index (χ0v) is 12.6. The number of hydrogen-bond donors (Lipinski definition) is 2. The molecule has 0 fully saturated rings. The summed E-state index contributed by atoms with van der Waals surface area (Å²) < 4.78 is 26.0. The number of aromatic nitrogens is 2. The van der Waals surface area contributed by atoms with E-state index in [9.17, 15) is 8.78 Å². The molecule has 0 saturated carbocycles. The van der Waals surface area contributed by atoms with Gasteiger partial charge in [0.25, 0.3) is 0 Å². The van der Waals surface area contributed by atoms with E-state index in [-0.39, 0.29) is 0 Å². The maximum absolute atomic E-state index is 13.2. The fourth-order valence-corrected chi connectivity index (χ4v) is 1.83. The second kappa shape index (κ2) is 7.65. The Morgan fingerprint density at radius 2 is 1.95 bits per heavy atom. The quantitative estimate of drug-likeness (QED) is 0.770. The van der Waals surface area contributed by atoms with E-state index < -0.39 is 11.6 Å². The zero-order valence-electron chi connectivity index (χ0n) is 12.6. The molecule has 0 saturated heterocycles. The number of nitrogens with one attached hydrogen (secondary N) is 2. The number of rotatable bonds is 7. The summed E-state index contributed by atoms with van der Waals surface area (Å²) in [5.41, 5.74) is 0.392. The van der Waals surface area contributed by atoms with E-state index in [0.29, 0.717) is 17.5 Å². The summed E-state index contributed by atoms with van der Waals surface area (Å²) in [7, 11) is 4.04. The van der Waals surface area contributed by atoms with E-state index in [4.69, 9.17) is 0 Å². The summed E-state index contributed by atoms with van der Waals surface area (Å²) in [6.45, 7) is 1.78. The Bertz CT molecular complexity index is 619. The molecule has 0 radical (unpaired) electrons. The number of hydrogen-bond acceptors (Lipinski definition) is 5. The summed E-state index contributed by atoms with van der Waals surface area (Å²) in [6.07, 6.45) is 2.59. The molecule has 2 N–H and O–H groups in total. The van der Waals surface area contributed by atoms with Gasteiger partial charge in [0.05, 0.1) is 0 Å². The maximum atomic E-state index is 13.2. The third kappa shape index (κ3) is 4.92. The van der Waals surface area contributed by atoms with Crippen molar-refractivity contribution in [3.63, 3.8) is 0 Å². The zero-order chi connectivity index (χ0) is 15.9. The predicted octanol–water partition coefficient (Wildman–Crippen LogP) is 2.86. The van der Waals surface area contributed by atoms with Gasteiger partial charge in [-0.05, 0) is 45.3 Å². The largest absolute Gasteiger partial charge is 0.370 e. The molecule has 1 aromatic heterocycles. The van der Waals surface area contributed by atoms with Crippen LogP contribution >= 0.6 is 0 Å². The van der Waals surface area contributed by atoms with Crippen LogP contribution in [0.2, 0.25) is 0 Å². The van der Waals surface area contributed by atoms with E-state index in [1.54, 1.807) is 12.3 Å². The molecule has 7 heteroatoms. The average Bonchev–Trinajstić information content (AvgIpc) is 2.48. The molecule has 1 aromatic carbocycles. The molecule has 2 rings (SSSR count). The van der Waals surface area contributed by atoms with Crippen LogP contribution in [0.3, 0.4) is 0 Å². The van der Waals surface area contributed by atoms with Crippen LogP contribution in [0.25, 0.3) is 0 Å². The number of anilines is 3. The second-order valence-electron chi connectivity index (χ2n) is 5.10. The van der Waals surface area contributed by atoms with Crippen LogP contribution < -0.4 is 10.6 Å². The van der Waals surface area contributed by atoms with Gasteiger partial charge in [-0.2, -0.15) is 4.98 Å². The van der Waals surface area contributed by atoms with E-state index in [2.05, 4.69) is 25.5 Å². The molecular weight excluding hydrogens is 288 g/mol. The smallest absolute Gasteiger partial charge is 0.229 e. The van der Waals surface area contributed by atoms with Crippen molar-refractivity contribution in [3.05, 3.63) is 42.1 Å². The van der Waals surface area contributed by atoms with Crippen LogP contribution in [0.5, 0.6) is 0 Å². The Morgan fingerprint density at radius 1 is 1.14 bits per heavy atom. The standard InChI is InChI=1S/C15H19F2N5/c1-22(2)9-3-7-18-14-6-8-19-15(21-14)20-11-4-5-12(16)13(17)10-11/h4-6,8,10H,3,7,9H2,1-2H3,(H2,18,19,20,21). The lowest BCUT2D eigenvalue weighted by Crippen LogP contribution is -2.16. The minimum absolute atomic E-state index is 0.323. The van der Waals surface area contributed by atoms with E-state index in [1.807, 2.05) is 14.1 Å². The van der Waals surface area contributed by atoms with Gasteiger partial charge in [0, 0.05) is 24.5 Å². The highest BCUT2D eigenvalue weighted by Gasteiger charge is 2.04. The first-order chi connectivity index (χ1) is 10.5. The molecule has 5 nitrogen and oxygen atoms in total. The van der Waals surface area contributed by atoms with Crippen LogP contribution in [-0.4, -0.2) is 42.1 Å². The molecule has 0 atom stereocenters. The van der Waals surface area contributed by atoms with Gasteiger partial charge in [0.2, 0.25) is 5.95 Å². The number of nitrogens with zero attached hydrogens (tertiary/aromatic N) is 3. The highest BCUT2D eigenvalue weighted by Crippen LogP contribution is 2.17. The third-order valence-corrected chi connectivity index (χ3v) is 2.92. The summed E-state index contributed by atoms with van der Waals surface area (Å²) in [4.78, 5) is 10.4. The van der Waals surface area contributed by atoms with Gasteiger partial charge < -0.3 is 15.5 Å². The summed E-state index contributed by atoms with van der Waals surface area (Å²) in [6, 6.07) is 5.31. The van der Waals surface area contributed by atoms with Crippen molar-refractivity contribution in [3.8, 4) is 0 Å². The first-order valence-electron chi connectivity index (χ1n) is 6.98. The minimum atomic E-state index is -0.914. The molecule has 0 bridgehead atoms. The maximum Gasteiger partial charge on any atom is 0.229 e. The van der Waals surface area contributed by atoms with Crippen LogP contribution in [0, 0.1) is 11.6 Å². The lowest BCUT2D eigenvalue weighted by molar-refractivity contribution is 0.405. The monoisotopic (exact) mass is 307 g/mol. The Morgan fingerprint density at radius 3 is 2.68 bits per heavy atom. The van der Waals surface area contributed by atoms with Crippen molar-refractivity contribution in [1.82, 2.24) is 14.9 Å². The molecule has 118 valence electrons. The normalized spacial score (nSPS) is 10.8. The number of halogens is 2. The topological polar surface area (TPSA) is 53.1 Å². The molecule has 0 aliphatic heterocycles. The average molecular weight is 307 g/mol. The summed E-state index contributed by atoms with van der Waals surface area (Å²) >= 11 is 0. The van der Waals surface area contributed by atoms with Crippen molar-refractivity contribution in [2.75, 3.05) is 37.8 Å². The highest BCUT2D eigenvalue weighted by atomic mass is 19.2. The van der Waals surface area contributed by atoms with Gasteiger partial charge in [-0.3, -0.25) is 0 Å². The van der Waals surface area contributed by atoms with E-state index in [1.165, 1.54) is 6.07 Å². The van der Waals surface area contributed by atoms with Crippen LogP contribution in [-0.2, 0) is 0 Å². The van der Waals surface area contributed by atoms with Gasteiger partial charge in [-0.15, -0.1) is 0 Å². The minimum Gasteiger partial charge on any atom is -0.370 e. The Labute approximate surface area is 128 Å². The SMILES string of the molecule is CN(C)CCCNc1ccnc(Nc2ccc(F)c(F)c2)n1. The van der Waals surface area contributed by atoms with Gasteiger partial charge >= 0.3 is 0 Å². The molecule has 22 heavy (non-hydrogen) atoms. The summed E-state index contributed by atoms with van der Waals surface area (Å²) in [5.74, 6) is -0.798. The molecule has 1 heterocycles. The molecule has 2 aromatic rings. The van der Waals surface area contributed by atoms with Crippen molar-refractivity contribution < 1.29 is 8.78 Å². The van der Waals surface area contributed by atoms with Gasteiger partial charge in [-0.25, -0.2) is 13.8 Å². The van der Waals surface area contributed by atoms with Crippen LogP contribution in [0.4, 0.5) is 26.2 Å². The molecule has 0 unspecified atom stereocenters. The van der Waals surface area contributed by atoms with Crippen LogP contribution in [0.15, 0.2) is 30.5 Å². The second-order valence-corrected chi connectivity index (χ2v) is 5.10. The fraction of sp³-hybridized carbons (Fsp3) is 0.333. The molecular formula is C15H19F2N5. The first-order valence-corrected chi connectivity index (χ1v) is 6.98. The number of benzene rings is 1. The Balaban J connectivity index is 1.94. The first kappa shape index (κ1) is 16.1. The van der Waals surface area contributed by atoms with Crippen molar-refractivity contribution in [2.24, 2.45) is 0 Å². The lowest BCUT2D eigenvalue weighted by atomic mass is 10.3. The van der Waals surface area contributed by atoms with Crippen molar-refractivity contribution in [2.45, 2.75) is 6.42 Å². The van der Waals surface area contributed by atoms with Crippen molar-refractivity contribution in [1.29, 1.82) is 0 Å².